The van der Waals surface area contributed by atoms with Crippen LogP contribution in [-0.4, -0.2) is 39.3 Å². The minimum absolute atomic E-state index is 0.0926. The first-order valence-electron chi connectivity index (χ1n) is 7.09. The van der Waals surface area contributed by atoms with Crippen LogP contribution in [0.5, 0.6) is 0 Å². The van der Waals surface area contributed by atoms with Crippen LogP contribution in [0.3, 0.4) is 0 Å². The zero-order chi connectivity index (χ0) is 14.0. The quantitative estimate of drug-likeness (QED) is 0.908. The molecule has 1 aliphatic rings. The summed E-state index contributed by atoms with van der Waals surface area (Å²) in [4.78, 5) is 6.57. The fourth-order valence-electron chi connectivity index (χ4n) is 2.56. The van der Waals surface area contributed by atoms with Crippen molar-refractivity contribution in [2.75, 3.05) is 7.05 Å². The minimum atomic E-state index is -0.233. The lowest BCUT2D eigenvalue weighted by atomic mass is 9.91. The van der Waals surface area contributed by atoms with Crippen molar-refractivity contribution in [2.45, 2.75) is 70.6 Å². The van der Waals surface area contributed by atoms with Crippen LogP contribution in [0, 0.1) is 0 Å². The van der Waals surface area contributed by atoms with Crippen LogP contribution < -0.4 is 0 Å². The molecule has 0 radical (unpaired) electrons. The van der Waals surface area contributed by atoms with Gasteiger partial charge in [0.25, 0.3) is 0 Å². The smallest absolute Gasteiger partial charge is 0.240 e. The molecule has 19 heavy (non-hydrogen) atoms. The highest BCUT2D eigenvalue weighted by Crippen LogP contribution is 2.24. The van der Waals surface area contributed by atoms with E-state index >= 15 is 0 Å². The van der Waals surface area contributed by atoms with Crippen molar-refractivity contribution in [1.29, 1.82) is 0 Å². The van der Waals surface area contributed by atoms with Crippen molar-refractivity contribution in [1.82, 2.24) is 15.0 Å². The third-order valence-electron chi connectivity index (χ3n) is 3.78. The van der Waals surface area contributed by atoms with Crippen molar-refractivity contribution in [3.63, 3.8) is 0 Å². The van der Waals surface area contributed by atoms with Gasteiger partial charge >= 0.3 is 0 Å². The molecule has 2 unspecified atom stereocenters. The van der Waals surface area contributed by atoms with Crippen LogP contribution in [-0.2, 0) is 12.0 Å². The summed E-state index contributed by atoms with van der Waals surface area (Å²) < 4.78 is 5.30. The van der Waals surface area contributed by atoms with Gasteiger partial charge in [0.05, 0.1) is 12.6 Å². The summed E-state index contributed by atoms with van der Waals surface area (Å²) >= 11 is 0. The van der Waals surface area contributed by atoms with Gasteiger partial charge in [0.1, 0.15) is 0 Å². The molecule has 1 aromatic heterocycles. The molecule has 2 rings (SSSR count). The summed E-state index contributed by atoms with van der Waals surface area (Å²) in [5.41, 5.74) is -0.0926. The topological polar surface area (TPSA) is 62.4 Å². The molecule has 0 aromatic carbocycles. The van der Waals surface area contributed by atoms with Crippen LogP contribution in [0.2, 0.25) is 0 Å². The Balaban J connectivity index is 1.98. The molecule has 1 saturated carbocycles. The van der Waals surface area contributed by atoms with Gasteiger partial charge in [0.15, 0.2) is 5.82 Å². The van der Waals surface area contributed by atoms with Crippen molar-refractivity contribution in [3.8, 4) is 0 Å². The van der Waals surface area contributed by atoms with Gasteiger partial charge in [0.2, 0.25) is 5.89 Å². The molecule has 2 atom stereocenters. The number of aromatic nitrogens is 2. The molecule has 5 heteroatoms. The van der Waals surface area contributed by atoms with Crippen molar-refractivity contribution < 1.29 is 9.63 Å². The second kappa shape index (κ2) is 5.59. The SMILES string of the molecule is CN(Cc1nc(C(C)(C)C)no1)C1CCCCC1O. The number of likely N-dealkylation sites (N-methyl/N-ethyl adjacent to an activating group) is 1. The molecule has 108 valence electrons. The monoisotopic (exact) mass is 267 g/mol. The molecule has 0 aliphatic heterocycles. The van der Waals surface area contributed by atoms with E-state index in [-0.39, 0.29) is 17.6 Å². The van der Waals surface area contributed by atoms with Gasteiger partial charge in [-0.05, 0) is 19.9 Å². The second-order valence-corrected chi connectivity index (χ2v) is 6.60. The first kappa shape index (κ1) is 14.5. The molecule has 1 aliphatic carbocycles. The lowest BCUT2D eigenvalue weighted by Crippen LogP contribution is -2.42. The minimum Gasteiger partial charge on any atom is -0.391 e. The van der Waals surface area contributed by atoms with E-state index in [0.29, 0.717) is 12.4 Å². The van der Waals surface area contributed by atoms with Crippen LogP contribution in [0.15, 0.2) is 4.52 Å². The van der Waals surface area contributed by atoms with E-state index in [9.17, 15) is 5.11 Å². The standard InChI is InChI=1S/C14H25N3O2/c1-14(2,3)13-15-12(19-16-13)9-17(4)10-7-5-6-8-11(10)18/h10-11,18H,5-9H2,1-4H3. The Morgan fingerprint density at radius 2 is 2.00 bits per heavy atom. The second-order valence-electron chi connectivity index (χ2n) is 6.60. The Kier molecular flexibility index (Phi) is 4.26. The van der Waals surface area contributed by atoms with Crippen molar-refractivity contribution in [3.05, 3.63) is 11.7 Å². The normalized spacial score (nSPS) is 24.9. The first-order chi connectivity index (χ1) is 8.88. The van der Waals surface area contributed by atoms with Crippen LogP contribution >= 0.6 is 0 Å². The zero-order valence-corrected chi connectivity index (χ0v) is 12.4. The number of hydrogen-bond acceptors (Lipinski definition) is 5. The Morgan fingerprint density at radius 1 is 1.32 bits per heavy atom. The summed E-state index contributed by atoms with van der Waals surface area (Å²) in [6.45, 7) is 6.80. The highest BCUT2D eigenvalue weighted by atomic mass is 16.5. The molecule has 1 heterocycles. The molecular formula is C14H25N3O2. The van der Waals surface area contributed by atoms with Gasteiger partial charge in [-0.3, -0.25) is 4.90 Å². The molecule has 0 saturated heterocycles. The van der Waals surface area contributed by atoms with Crippen LogP contribution in [0.4, 0.5) is 0 Å². The van der Waals surface area contributed by atoms with E-state index < -0.39 is 0 Å². The average Bonchev–Trinajstić information content (AvgIpc) is 2.77. The zero-order valence-electron chi connectivity index (χ0n) is 12.4. The third kappa shape index (κ3) is 3.54. The molecule has 5 nitrogen and oxygen atoms in total. The Labute approximate surface area is 115 Å². The highest BCUT2D eigenvalue weighted by Gasteiger charge is 2.28. The summed E-state index contributed by atoms with van der Waals surface area (Å²) in [5, 5.41) is 14.1. The summed E-state index contributed by atoms with van der Waals surface area (Å²) in [6.07, 6.45) is 4.01. The predicted molar refractivity (Wildman–Crippen MR) is 72.7 cm³/mol. The van der Waals surface area contributed by atoms with Gasteiger partial charge in [-0.25, -0.2) is 0 Å². The van der Waals surface area contributed by atoms with Gasteiger partial charge in [-0.2, -0.15) is 4.98 Å². The average molecular weight is 267 g/mol. The van der Waals surface area contributed by atoms with Gasteiger partial charge in [0, 0.05) is 11.5 Å². The fourth-order valence-corrected chi connectivity index (χ4v) is 2.56. The predicted octanol–water partition coefficient (Wildman–Crippen LogP) is 2.10. The van der Waals surface area contributed by atoms with Gasteiger partial charge in [-0.1, -0.05) is 38.8 Å². The Morgan fingerprint density at radius 3 is 2.58 bits per heavy atom. The summed E-state index contributed by atoms with van der Waals surface area (Å²) in [6, 6.07) is 0.207. The molecule has 0 spiro atoms. The van der Waals surface area contributed by atoms with Crippen molar-refractivity contribution in [2.24, 2.45) is 0 Å². The van der Waals surface area contributed by atoms with E-state index in [1.54, 1.807) is 0 Å². The van der Waals surface area contributed by atoms with E-state index in [1.165, 1.54) is 6.42 Å². The Hall–Kier alpha value is -0.940. The van der Waals surface area contributed by atoms with E-state index in [4.69, 9.17) is 4.52 Å². The third-order valence-corrected chi connectivity index (χ3v) is 3.78. The van der Waals surface area contributed by atoms with E-state index in [2.05, 4.69) is 35.8 Å². The Bertz CT molecular complexity index is 411. The maximum absolute atomic E-state index is 10.0. The molecule has 0 amide bonds. The molecular weight excluding hydrogens is 242 g/mol. The first-order valence-corrected chi connectivity index (χ1v) is 7.09. The molecule has 0 bridgehead atoms. The number of nitrogens with zero attached hydrogens (tertiary/aromatic N) is 3. The number of rotatable bonds is 3. The maximum atomic E-state index is 10.0. The van der Waals surface area contributed by atoms with Crippen LogP contribution in [0.1, 0.15) is 58.2 Å². The lowest BCUT2D eigenvalue weighted by Gasteiger charge is -2.34. The number of aliphatic hydroxyl groups is 1. The van der Waals surface area contributed by atoms with E-state index in [0.717, 1.165) is 25.1 Å². The molecule has 1 aromatic rings. The highest BCUT2D eigenvalue weighted by molar-refractivity contribution is 5.00. The molecule has 1 fully saturated rings. The van der Waals surface area contributed by atoms with Crippen molar-refractivity contribution >= 4 is 0 Å². The van der Waals surface area contributed by atoms with Gasteiger partial charge in [-0.15, -0.1) is 0 Å². The van der Waals surface area contributed by atoms with Gasteiger partial charge < -0.3 is 9.63 Å². The summed E-state index contributed by atoms with van der Waals surface area (Å²) in [5.74, 6) is 1.37. The fraction of sp³-hybridized carbons (Fsp3) is 0.857. The number of aliphatic hydroxyl groups excluding tert-OH is 1. The van der Waals surface area contributed by atoms with E-state index in [1.807, 2.05) is 7.05 Å². The largest absolute Gasteiger partial charge is 0.391 e. The lowest BCUT2D eigenvalue weighted by molar-refractivity contribution is 0.0248. The maximum Gasteiger partial charge on any atom is 0.240 e. The molecule has 1 N–H and O–H groups in total. The summed E-state index contributed by atoms with van der Waals surface area (Å²) in [7, 11) is 2.01. The number of hydrogen-bond donors (Lipinski definition) is 1. The van der Waals surface area contributed by atoms with Crippen LogP contribution in [0.25, 0.3) is 0 Å².